The maximum Gasteiger partial charge on any atom is 0.188 e. The zero-order valence-corrected chi connectivity index (χ0v) is 17.0. The van der Waals surface area contributed by atoms with E-state index in [0.29, 0.717) is 18.2 Å². The van der Waals surface area contributed by atoms with Crippen molar-refractivity contribution in [3.05, 3.63) is 77.7 Å². The normalized spacial score (nSPS) is 11.0. The molecule has 0 atom stereocenters. The summed E-state index contributed by atoms with van der Waals surface area (Å²) in [6, 6.07) is 13.8. The summed E-state index contributed by atoms with van der Waals surface area (Å²) in [6.45, 7) is 2.40. The third-order valence-corrected chi connectivity index (χ3v) is 5.37. The number of hydrogen-bond donors (Lipinski definition) is 2. The topological polar surface area (TPSA) is 88.6 Å². The van der Waals surface area contributed by atoms with E-state index in [4.69, 9.17) is 4.74 Å². The number of nitrogens with zero attached hydrogens (tertiary/aromatic N) is 4. The van der Waals surface area contributed by atoms with E-state index in [2.05, 4.69) is 36.5 Å². The number of fused-ring (bicyclic) bond motifs is 1. The molecule has 5 aromatic rings. The lowest BCUT2D eigenvalue weighted by Crippen LogP contribution is -1.99. The quantitative estimate of drug-likeness (QED) is 0.401. The molecule has 0 spiro atoms. The van der Waals surface area contributed by atoms with Crippen LogP contribution in [-0.4, -0.2) is 25.1 Å². The van der Waals surface area contributed by atoms with E-state index in [-0.39, 0.29) is 0 Å². The lowest BCUT2D eigenvalue weighted by Gasteiger charge is -2.11. The monoisotopic (exact) mass is 414 g/mol. The molecule has 0 unspecified atom stereocenters. The molecule has 0 radical (unpaired) electrons. The summed E-state index contributed by atoms with van der Waals surface area (Å²) in [4.78, 5) is 13.2. The first-order chi connectivity index (χ1) is 14.8. The largest absolute Gasteiger partial charge is 0.485 e. The summed E-state index contributed by atoms with van der Waals surface area (Å²) in [5.74, 6) is 1.39. The van der Waals surface area contributed by atoms with Crippen LogP contribution < -0.4 is 10.1 Å². The fourth-order valence-electron chi connectivity index (χ4n) is 3.24. The fourth-order valence-corrected chi connectivity index (χ4v) is 3.77. The number of aryl methyl sites for hydroxylation is 1. The Morgan fingerprint density at radius 3 is 2.77 bits per heavy atom. The number of ether oxygens (including phenoxy) is 1. The van der Waals surface area contributed by atoms with E-state index in [1.54, 1.807) is 18.6 Å². The van der Waals surface area contributed by atoms with Gasteiger partial charge in [-0.3, -0.25) is 15.1 Å². The third-order valence-electron chi connectivity index (χ3n) is 4.68. The van der Waals surface area contributed by atoms with Crippen LogP contribution >= 0.6 is 11.3 Å². The molecule has 0 bridgehead atoms. The standard InChI is InChI=1S/C22H18N6OS/c1-14-5-4-8-24-19(14)15-11-17-20(27-28-21(17)26-22-25-9-10-30-22)18(12-15)29-13-16-6-2-3-7-23-16/h2-12H,13H2,1H3,(H2,25,26,27,28). The smallest absolute Gasteiger partial charge is 0.188 e. The summed E-state index contributed by atoms with van der Waals surface area (Å²) in [5, 5.41) is 14.4. The Kier molecular flexibility index (Phi) is 4.82. The molecule has 8 heteroatoms. The van der Waals surface area contributed by atoms with Gasteiger partial charge < -0.3 is 10.1 Å². The van der Waals surface area contributed by atoms with Crippen LogP contribution in [0.15, 0.2) is 66.4 Å². The molecule has 0 saturated heterocycles. The van der Waals surface area contributed by atoms with Gasteiger partial charge in [0.15, 0.2) is 10.9 Å². The fraction of sp³-hybridized carbons (Fsp3) is 0.0909. The van der Waals surface area contributed by atoms with Crippen molar-refractivity contribution >= 4 is 33.2 Å². The highest BCUT2D eigenvalue weighted by Crippen LogP contribution is 2.36. The van der Waals surface area contributed by atoms with Crippen molar-refractivity contribution < 1.29 is 4.74 Å². The van der Waals surface area contributed by atoms with Crippen LogP contribution in [0.2, 0.25) is 0 Å². The van der Waals surface area contributed by atoms with Crippen LogP contribution in [-0.2, 0) is 6.61 Å². The van der Waals surface area contributed by atoms with Crippen molar-refractivity contribution in [3.63, 3.8) is 0 Å². The van der Waals surface area contributed by atoms with E-state index in [1.165, 1.54) is 11.3 Å². The minimum absolute atomic E-state index is 0.356. The first-order valence-electron chi connectivity index (χ1n) is 9.41. The molecule has 5 rings (SSSR count). The highest BCUT2D eigenvalue weighted by Gasteiger charge is 2.16. The van der Waals surface area contributed by atoms with E-state index >= 15 is 0 Å². The van der Waals surface area contributed by atoms with E-state index < -0.39 is 0 Å². The van der Waals surface area contributed by atoms with Gasteiger partial charge in [0.2, 0.25) is 0 Å². The van der Waals surface area contributed by atoms with Gasteiger partial charge >= 0.3 is 0 Å². The van der Waals surface area contributed by atoms with Gasteiger partial charge in [0.05, 0.1) is 11.4 Å². The Hall–Kier alpha value is -3.78. The van der Waals surface area contributed by atoms with E-state index in [0.717, 1.165) is 38.5 Å². The summed E-state index contributed by atoms with van der Waals surface area (Å²) >= 11 is 1.52. The third kappa shape index (κ3) is 3.60. The predicted molar refractivity (Wildman–Crippen MR) is 118 cm³/mol. The molecule has 4 aromatic heterocycles. The molecule has 0 aliphatic carbocycles. The Labute approximate surface area is 176 Å². The molecule has 1 aromatic carbocycles. The maximum absolute atomic E-state index is 6.15. The minimum Gasteiger partial charge on any atom is -0.485 e. The van der Waals surface area contributed by atoms with Crippen LogP contribution in [0.3, 0.4) is 0 Å². The number of aromatic nitrogens is 5. The average molecular weight is 414 g/mol. The Balaban J connectivity index is 1.60. The predicted octanol–water partition coefficient (Wildman–Crippen LogP) is 5.11. The van der Waals surface area contributed by atoms with Gasteiger partial charge in [0, 0.05) is 34.9 Å². The molecule has 4 heterocycles. The lowest BCUT2D eigenvalue weighted by molar-refractivity contribution is 0.304. The van der Waals surface area contributed by atoms with Gasteiger partial charge in [-0.15, -0.1) is 11.3 Å². The highest BCUT2D eigenvalue weighted by molar-refractivity contribution is 7.13. The number of thiazole rings is 1. The molecular weight excluding hydrogens is 396 g/mol. The Bertz CT molecular complexity index is 1280. The summed E-state index contributed by atoms with van der Waals surface area (Å²) < 4.78 is 6.15. The van der Waals surface area contributed by atoms with Gasteiger partial charge in [-0.25, -0.2) is 4.98 Å². The SMILES string of the molecule is Cc1cccnc1-c1cc(OCc2ccccn2)c2[nH]nc(Nc3nccs3)c2c1. The number of H-pyrrole nitrogens is 1. The van der Waals surface area contributed by atoms with Crippen LogP contribution in [0.5, 0.6) is 5.75 Å². The summed E-state index contributed by atoms with van der Waals surface area (Å²) in [5.41, 5.74) is 4.61. The summed E-state index contributed by atoms with van der Waals surface area (Å²) in [7, 11) is 0. The molecule has 7 nitrogen and oxygen atoms in total. The minimum atomic E-state index is 0.356. The number of anilines is 2. The Morgan fingerprint density at radius 2 is 1.97 bits per heavy atom. The molecule has 2 N–H and O–H groups in total. The molecule has 0 amide bonds. The van der Waals surface area contributed by atoms with Gasteiger partial charge in [0.1, 0.15) is 17.9 Å². The number of pyridine rings is 2. The average Bonchev–Trinajstić information content (AvgIpc) is 3.44. The second-order valence-electron chi connectivity index (χ2n) is 6.71. The van der Waals surface area contributed by atoms with Crippen LogP contribution in [0.4, 0.5) is 10.9 Å². The number of aromatic amines is 1. The molecule has 0 saturated carbocycles. The van der Waals surface area contributed by atoms with Crippen molar-refractivity contribution in [2.45, 2.75) is 13.5 Å². The van der Waals surface area contributed by atoms with Crippen molar-refractivity contribution in [1.29, 1.82) is 0 Å². The van der Waals surface area contributed by atoms with Crippen LogP contribution in [0, 0.1) is 6.92 Å². The zero-order chi connectivity index (χ0) is 20.3. The maximum atomic E-state index is 6.15. The van der Waals surface area contributed by atoms with Gasteiger partial charge in [-0.1, -0.05) is 12.1 Å². The van der Waals surface area contributed by atoms with E-state index in [9.17, 15) is 0 Å². The number of benzene rings is 1. The van der Waals surface area contributed by atoms with Crippen molar-refractivity contribution in [3.8, 4) is 17.0 Å². The molecule has 0 aliphatic heterocycles. The van der Waals surface area contributed by atoms with Crippen molar-refractivity contribution in [1.82, 2.24) is 25.1 Å². The van der Waals surface area contributed by atoms with E-state index in [1.807, 2.05) is 48.7 Å². The first kappa shape index (κ1) is 18.3. The van der Waals surface area contributed by atoms with Gasteiger partial charge in [-0.05, 0) is 42.8 Å². The highest BCUT2D eigenvalue weighted by atomic mass is 32.1. The van der Waals surface area contributed by atoms with Gasteiger partial charge in [-0.2, -0.15) is 5.10 Å². The van der Waals surface area contributed by atoms with Crippen molar-refractivity contribution in [2.75, 3.05) is 5.32 Å². The van der Waals surface area contributed by atoms with Crippen LogP contribution in [0.25, 0.3) is 22.2 Å². The zero-order valence-electron chi connectivity index (χ0n) is 16.2. The lowest BCUT2D eigenvalue weighted by atomic mass is 10.0. The molecule has 0 aliphatic rings. The molecular formula is C22H18N6OS. The molecule has 148 valence electrons. The second-order valence-corrected chi connectivity index (χ2v) is 7.60. The molecule has 0 fully saturated rings. The van der Waals surface area contributed by atoms with Gasteiger partial charge in [0.25, 0.3) is 0 Å². The van der Waals surface area contributed by atoms with Crippen LogP contribution in [0.1, 0.15) is 11.3 Å². The number of hydrogen-bond acceptors (Lipinski definition) is 7. The first-order valence-corrected chi connectivity index (χ1v) is 10.3. The van der Waals surface area contributed by atoms with Crippen molar-refractivity contribution in [2.24, 2.45) is 0 Å². The molecule has 30 heavy (non-hydrogen) atoms. The second kappa shape index (κ2) is 7.92. The number of nitrogens with one attached hydrogen (secondary N) is 2. The Morgan fingerprint density at radius 1 is 1.03 bits per heavy atom. The summed E-state index contributed by atoms with van der Waals surface area (Å²) in [6.07, 6.45) is 5.31. The number of rotatable bonds is 6.